The second-order valence-electron chi connectivity index (χ2n) is 7.46. The van der Waals surface area contributed by atoms with Gasteiger partial charge in [-0.25, -0.2) is 0 Å². The van der Waals surface area contributed by atoms with Gasteiger partial charge in [-0.05, 0) is 50.9 Å². The predicted molar refractivity (Wildman–Crippen MR) is 89.1 cm³/mol. The summed E-state index contributed by atoms with van der Waals surface area (Å²) in [6.45, 7) is 3.26. The number of hydrogen-bond donors (Lipinski definition) is 1. The summed E-state index contributed by atoms with van der Waals surface area (Å²) in [4.78, 5) is 14.4. The van der Waals surface area contributed by atoms with Crippen molar-refractivity contribution in [1.82, 2.24) is 4.90 Å². The first-order valence-corrected chi connectivity index (χ1v) is 9.49. The van der Waals surface area contributed by atoms with Crippen molar-refractivity contribution in [2.75, 3.05) is 26.3 Å². The van der Waals surface area contributed by atoms with Gasteiger partial charge in [0, 0.05) is 32.2 Å². The van der Waals surface area contributed by atoms with Crippen molar-refractivity contribution in [3.05, 3.63) is 0 Å². The summed E-state index contributed by atoms with van der Waals surface area (Å²) in [5.74, 6) is 0.696. The third-order valence-corrected chi connectivity index (χ3v) is 5.74. The molecule has 0 aromatic carbocycles. The average Bonchev–Trinajstić information content (AvgIpc) is 2.99. The van der Waals surface area contributed by atoms with E-state index in [1.165, 1.54) is 19.3 Å². The van der Waals surface area contributed by atoms with Gasteiger partial charge < -0.3 is 20.1 Å². The van der Waals surface area contributed by atoms with Crippen LogP contribution in [0.25, 0.3) is 0 Å². The number of amides is 1. The summed E-state index contributed by atoms with van der Waals surface area (Å²) in [6, 6.07) is 0.232. The number of carbonyl (C=O) groups excluding carboxylic acids is 1. The van der Waals surface area contributed by atoms with Crippen molar-refractivity contribution in [1.29, 1.82) is 0 Å². The molecule has 2 heterocycles. The molecule has 0 radical (unpaired) electrons. The van der Waals surface area contributed by atoms with Crippen molar-refractivity contribution >= 4 is 5.91 Å². The molecule has 1 saturated carbocycles. The fraction of sp³-hybridized carbons (Fsp3) is 0.944. The monoisotopic (exact) mass is 324 g/mol. The SMILES string of the molecule is N[C@@H]1CCC[C@H]1CC(=O)N1CCC(OCC2CCCCO2)CC1. The minimum Gasteiger partial charge on any atom is -0.376 e. The van der Waals surface area contributed by atoms with Gasteiger partial charge in [-0.2, -0.15) is 0 Å². The number of rotatable bonds is 5. The van der Waals surface area contributed by atoms with Crippen molar-refractivity contribution in [3.63, 3.8) is 0 Å². The van der Waals surface area contributed by atoms with Gasteiger partial charge in [0.05, 0.1) is 18.8 Å². The number of likely N-dealkylation sites (tertiary alicyclic amines) is 1. The van der Waals surface area contributed by atoms with E-state index in [-0.39, 0.29) is 12.1 Å². The standard InChI is InChI=1S/C18H32N2O3/c19-17-6-3-4-14(17)12-18(21)20-9-7-15(8-10-20)23-13-16-5-1-2-11-22-16/h14-17H,1-13,19H2/t14-,16?,17+/m0/s1. The lowest BCUT2D eigenvalue weighted by Crippen LogP contribution is -2.43. The van der Waals surface area contributed by atoms with Crippen LogP contribution in [-0.2, 0) is 14.3 Å². The highest BCUT2D eigenvalue weighted by Crippen LogP contribution is 2.28. The van der Waals surface area contributed by atoms with Crippen LogP contribution in [0, 0.1) is 5.92 Å². The molecular formula is C18H32N2O3. The van der Waals surface area contributed by atoms with Crippen LogP contribution in [0.15, 0.2) is 0 Å². The summed E-state index contributed by atoms with van der Waals surface area (Å²) >= 11 is 0. The topological polar surface area (TPSA) is 64.8 Å². The van der Waals surface area contributed by atoms with Gasteiger partial charge in [-0.3, -0.25) is 4.79 Å². The van der Waals surface area contributed by atoms with Crippen LogP contribution in [-0.4, -0.2) is 55.4 Å². The second-order valence-corrected chi connectivity index (χ2v) is 7.46. The highest BCUT2D eigenvalue weighted by Gasteiger charge is 2.30. The molecule has 1 amide bonds. The zero-order chi connectivity index (χ0) is 16.1. The smallest absolute Gasteiger partial charge is 0.222 e. The van der Waals surface area contributed by atoms with Crippen LogP contribution < -0.4 is 5.73 Å². The number of nitrogens with zero attached hydrogens (tertiary/aromatic N) is 1. The molecule has 0 bridgehead atoms. The molecule has 1 aliphatic carbocycles. The first kappa shape index (κ1) is 17.2. The quantitative estimate of drug-likeness (QED) is 0.841. The van der Waals surface area contributed by atoms with Crippen LogP contribution in [0.1, 0.15) is 57.8 Å². The molecule has 1 unspecified atom stereocenters. The van der Waals surface area contributed by atoms with Crippen LogP contribution in [0.3, 0.4) is 0 Å². The van der Waals surface area contributed by atoms with Gasteiger partial charge in [0.15, 0.2) is 0 Å². The Morgan fingerprint density at radius 3 is 2.57 bits per heavy atom. The molecule has 132 valence electrons. The molecule has 23 heavy (non-hydrogen) atoms. The molecule has 3 aliphatic rings. The predicted octanol–water partition coefficient (Wildman–Crippen LogP) is 2.08. The Morgan fingerprint density at radius 1 is 1.09 bits per heavy atom. The maximum absolute atomic E-state index is 12.4. The van der Waals surface area contributed by atoms with Crippen molar-refractivity contribution in [2.45, 2.75) is 76.0 Å². The fourth-order valence-corrected chi connectivity index (χ4v) is 4.13. The van der Waals surface area contributed by atoms with Gasteiger partial charge in [0.1, 0.15) is 0 Å². The fourth-order valence-electron chi connectivity index (χ4n) is 4.13. The van der Waals surface area contributed by atoms with E-state index in [1.807, 2.05) is 4.90 Å². The molecule has 2 aliphatic heterocycles. The first-order chi connectivity index (χ1) is 11.2. The molecule has 3 fully saturated rings. The van der Waals surface area contributed by atoms with Gasteiger partial charge in [-0.15, -0.1) is 0 Å². The van der Waals surface area contributed by atoms with Crippen LogP contribution in [0.5, 0.6) is 0 Å². The summed E-state index contributed by atoms with van der Waals surface area (Å²) in [7, 11) is 0. The largest absolute Gasteiger partial charge is 0.376 e. The van der Waals surface area contributed by atoms with E-state index in [0.29, 0.717) is 24.3 Å². The Kier molecular flexibility index (Phi) is 6.31. The minimum absolute atomic E-state index is 0.232. The molecule has 0 aromatic rings. The van der Waals surface area contributed by atoms with Crippen LogP contribution in [0.4, 0.5) is 0 Å². The van der Waals surface area contributed by atoms with Gasteiger partial charge in [-0.1, -0.05) is 6.42 Å². The van der Waals surface area contributed by atoms with Crippen molar-refractivity contribution in [3.8, 4) is 0 Å². The van der Waals surface area contributed by atoms with E-state index < -0.39 is 0 Å². The number of carbonyl (C=O) groups is 1. The Morgan fingerprint density at radius 2 is 1.91 bits per heavy atom. The highest BCUT2D eigenvalue weighted by molar-refractivity contribution is 5.76. The van der Waals surface area contributed by atoms with E-state index in [1.54, 1.807) is 0 Å². The molecule has 3 atom stereocenters. The summed E-state index contributed by atoms with van der Waals surface area (Å²) in [6.07, 6.45) is 10.1. The number of ether oxygens (including phenoxy) is 2. The maximum Gasteiger partial charge on any atom is 0.222 e. The zero-order valence-electron chi connectivity index (χ0n) is 14.3. The number of piperidine rings is 1. The normalized spacial score (nSPS) is 33.1. The van der Waals surface area contributed by atoms with E-state index in [0.717, 1.165) is 58.4 Å². The van der Waals surface area contributed by atoms with Crippen LogP contribution in [0.2, 0.25) is 0 Å². The molecule has 2 saturated heterocycles. The zero-order valence-corrected chi connectivity index (χ0v) is 14.3. The molecule has 5 heteroatoms. The first-order valence-electron chi connectivity index (χ1n) is 9.49. The van der Waals surface area contributed by atoms with E-state index >= 15 is 0 Å². The third-order valence-electron chi connectivity index (χ3n) is 5.74. The second kappa shape index (κ2) is 8.45. The molecule has 0 spiro atoms. The summed E-state index contributed by atoms with van der Waals surface area (Å²) < 4.78 is 11.7. The third kappa shape index (κ3) is 4.91. The van der Waals surface area contributed by atoms with Crippen molar-refractivity contribution in [2.24, 2.45) is 11.7 Å². The number of nitrogens with two attached hydrogens (primary N) is 1. The molecule has 2 N–H and O–H groups in total. The molecule has 0 aromatic heterocycles. The van der Waals surface area contributed by atoms with E-state index in [2.05, 4.69) is 0 Å². The average molecular weight is 324 g/mol. The van der Waals surface area contributed by atoms with Gasteiger partial charge >= 0.3 is 0 Å². The number of hydrogen-bond acceptors (Lipinski definition) is 4. The van der Waals surface area contributed by atoms with Crippen LogP contribution >= 0.6 is 0 Å². The van der Waals surface area contributed by atoms with E-state index in [9.17, 15) is 4.79 Å². The Balaban J connectivity index is 1.33. The van der Waals surface area contributed by atoms with Gasteiger partial charge in [0.25, 0.3) is 0 Å². The van der Waals surface area contributed by atoms with E-state index in [4.69, 9.17) is 15.2 Å². The van der Waals surface area contributed by atoms with Gasteiger partial charge in [0.2, 0.25) is 5.91 Å². The lowest BCUT2D eigenvalue weighted by Gasteiger charge is -2.34. The summed E-state index contributed by atoms with van der Waals surface area (Å²) in [5, 5.41) is 0. The molecule has 3 rings (SSSR count). The maximum atomic E-state index is 12.4. The Hall–Kier alpha value is -0.650. The molecule has 5 nitrogen and oxygen atoms in total. The molecular weight excluding hydrogens is 292 g/mol. The lowest BCUT2D eigenvalue weighted by atomic mass is 9.98. The minimum atomic E-state index is 0.232. The highest BCUT2D eigenvalue weighted by atomic mass is 16.5. The summed E-state index contributed by atoms with van der Waals surface area (Å²) in [5.41, 5.74) is 6.09. The Labute approximate surface area is 139 Å². The van der Waals surface area contributed by atoms with Crippen molar-refractivity contribution < 1.29 is 14.3 Å². The Bertz CT molecular complexity index is 376. The lowest BCUT2D eigenvalue weighted by molar-refractivity contribution is -0.135.